The Bertz CT molecular complexity index is 786. The highest BCUT2D eigenvalue weighted by atomic mass is 32.2. The second-order valence-corrected chi connectivity index (χ2v) is 5.68. The molecule has 2 aromatic carbocycles. The van der Waals surface area contributed by atoms with E-state index in [0.29, 0.717) is 22.9 Å². The van der Waals surface area contributed by atoms with Gasteiger partial charge in [0.05, 0.1) is 11.1 Å². The van der Waals surface area contributed by atoms with Crippen molar-refractivity contribution in [2.24, 2.45) is 0 Å². The van der Waals surface area contributed by atoms with E-state index in [1.54, 1.807) is 18.2 Å². The molecule has 3 aromatic rings. The molecule has 3 rings (SSSR count). The summed E-state index contributed by atoms with van der Waals surface area (Å²) in [6, 6.07) is 13.6. The number of halogens is 1. The Labute approximate surface area is 130 Å². The monoisotopic (exact) mass is 316 g/mol. The van der Waals surface area contributed by atoms with Crippen LogP contribution < -0.4 is 5.32 Å². The molecule has 0 fully saturated rings. The molecule has 0 aliphatic heterocycles. The Hall–Kier alpha value is -2.34. The zero-order valence-corrected chi connectivity index (χ0v) is 12.4. The van der Waals surface area contributed by atoms with Crippen molar-refractivity contribution in [1.29, 1.82) is 0 Å². The third-order valence-corrected chi connectivity index (χ3v) is 4.05. The minimum Gasteiger partial charge on any atom is -0.354 e. The Morgan fingerprint density at radius 2 is 1.95 bits per heavy atom. The summed E-state index contributed by atoms with van der Waals surface area (Å²) in [4.78, 5) is 11.9. The molecule has 22 heavy (non-hydrogen) atoms. The van der Waals surface area contributed by atoms with Crippen LogP contribution in [0.2, 0.25) is 0 Å². The summed E-state index contributed by atoms with van der Waals surface area (Å²) >= 11 is 1.45. The van der Waals surface area contributed by atoms with E-state index in [0.717, 1.165) is 10.9 Å². The number of carbonyl (C=O) groups excluding carboxylic acids is 1. The SMILES string of the molecule is O=C(CSCc1ccc(F)cc1)Nc1noc2ccccc12. The first kappa shape index (κ1) is 14.6. The number of rotatable bonds is 5. The normalized spacial score (nSPS) is 10.8. The molecule has 0 unspecified atom stereocenters. The van der Waals surface area contributed by atoms with Crippen molar-refractivity contribution in [3.05, 3.63) is 59.9 Å². The first-order valence-electron chi connectivity index (χ1n) is 6.69. The van der Waals surface area contributed by atoms with Crippen molar-refractivity contribution in [3.63, 3.8) is 0 Å². The summed E-state index contributed by atoms with van der Waals surface area (Å²) in [5.41, 5.74) is 1.61. The number of carbonyl (C=O) groups is 1. The summed E-state index contributed by atoms with van der Waals surface area (Å²) in [6.07, 6.45) is 0. The van der Waals surface area contributed by atoms with Gasteiger partial charge in [-0.05, 0) is 29.8 Å². The van der Waals surface area contributed by atoms with Crippen LogP contribution in [0.1, 0.15) is 5.56 Å². The lowest BCUT2D eigenvalue weighted by molar-refractivity contribution is -0.113. The third-order valence-electron chi connectivity index (χ3n) is 3.05. The average Bonchev–Trinajstić information content (AvgIpc) is 2.93. The van der Waals surface area contributed by atoms with Gasteiger partial charge in [-0.15, -0.1) is 11.8 Å². The van der Waals surface area contributed by atoms with Gasteiger partial charge in [-0.1, -0.05) is 29.4 Å². The van der Waals surface area contributed by atoms with E-state index in [1.165, 1.54) is 23.9 Å². The van der Waals surface area contributed by atoms with E-state index >= 15 is 0 Å². The van der Waals surface area contributed by atoms with Gasteiger partial charge in [-0.3, -0.25) is 4.79 Å². The number of thioether (sulfide) groups is 1. The van der Waals surface area contributed by atoms with Crippen molar-refractivity contribution in [3.8, 4) is 0 Å². The number of benzene rings is 2. The van der Waals surface area contributed by atoms with E-state index in [4.69, 9.17) is 4.52 Å². The van der Waals surface area contributed by atoms with Crippen LogP contribution in [0.5, 0.6) is 0 Å². The maximum Gasteiger partial charge on any atom is 0.235 e. The van der Waals surface area contributed by atoms with Crippen LogP contribution in [0.3, 0.4) is 0 Å². The quantitative estimate of drug-likeness (QED) is 0.777. The van der Waals surface area contributed by atoms with Crippen LogP contribution in [0.4, 0.5) is 10.2 Å². The highest BCUT2D eigenvalue weighted by Crippen LogP contribution is 2.22. The van der Waals surface area contributed by atoms with Gasteiger partial charge in [0.25, 0.3) is 0 Å². The molecule has 4 nitrogen and oxygen atoms in total. The van der Waals surface area contributed by atoms with Gasteiger partial charge < -0.3 is 9.84 Å². The predicted octanol–water partition coefficient (Wildman–Crippen LogP) is 3.84. The van der Waals surface area contributed by atoms with Crippen LogP contribution in [0.25, 0.3) is 11.0 Å². The third kappa shape index (κ3) is 3.46. The van der Waals surface area contributed by atoms with Crippen molar-refractivity contribution < 1.29 is 13.7 Å². The molecule has 112 valence electrons. The van der Waals surface area contributed by atoms with E-state index in [1.807, 2.05) is 18.2 Å². The summed E-state index contributed by atoms with van der Waals surface area (Å²) in [7, 11) is 0. The molecule has 1 N–H and O–H groups in total. The molecule has 1 heterocycles. The van der Waals surface area contributed by atoms with Crippen LogP contribution in [0.15, 0.2) is 53.1 Å². The molecule has 0 bridgehead atoms. The van der Waals surface area contributed by atoms with Gasteiger partial charge in [-0.25, -0.2) is 4.39 Å². The maximum absolute atomic E-state index is 12.8. The number of amides is 1. The maximum atomic E-state index is 12.8. The minimum atomic E-state index is -0.260. The molecule has 1 aromatic heterocycles. The lowest BCUT2D eigenvalue weighted by Gasteiger charge is -2.03. The van der Waals surface area contributed by atoms with Gasteiger partial charge in [0.2, 0.25) is 5.91 Å². The number of nitrogens with one attached hydrogen (secondary N) is 1. The van der Waals surface area contributed by atoms with E-state index in [-0.39, 0.29) is 11.7 Å². The number of aromatic nitrogens is 1. The van der Waals surface area contributed by atoms with E-state index < -0.39 is 0 Å². The topological polar surface area (TPSA) is 55.1 Å². The fourth-order valence-electron chi connectivity index (χ4n) is 1.99. The Morgan fingerprint density at radius 1 is 1.18 bits per heavy atom. The Balaban J connectivity index is 1.53. The summed E-state index contributed by atoms with van der Waals surface area (Å²) in [5, 5.41) is 7.37. The molecular formula is C16H13FN2O2S. The van der Waals surface area contributed by atoms with Crippen molar-refractivity contribution in [2.75, 3.05) is 11.1 Å². The number of fused-ring (bicyclic) bond motifs is 1. The van der Waals surface area contributed by atoms with Crippen LogP contribution in [-0.4, -0.2) is 16.8 Å². The van der Waals surface area contributed by atoms with Gasteiger partial charge in [0.1, 0.15) is 5.82 Å². The van der Waals surface area contributed by atoms with Gasteiger partial charge in [0, 0.05) is 5.75 Å². The highest BCUT2D eigenvalue weighted by Gasteiger charge is 2.10. The van der Waals surface area contributed by atoms with Gasteiger partial charge in [0.15, 0.2) is 11.4 Å². The smallest absolute Gasteiger partial charge is 0.235 e. The summed E-state index contributed by atoms with van der Waals surface area (Å²) in [6.45, 7) is 0. The van der Waals surface area contributed by atoms with Crippen molar-refractivity contribution >= 4 is 34.5 Å². The highest BCUT2D eigenvalue weighted by molar-refractivity contribution is 7.99. The Morgan fingerprint density at radius 3 is 2.77 bits per heavy atom. The molecule has 0 aliphatic carbocycles. The predicted molar refractivity (Wildman–Crippen MR) is 85.2 cm³/mol. The lowest BCUT2D eigenvalue weighted by atomic mass is 10.2. The van der Waals surface area contributed by atoms with Crippen LogP contribution in [-0.2, 0) is 10.5 Å². The van der Waals surface area contributed by atoms with Crippen molar-refractivity contribution in [1.82, 2.24) is 5.16 Å². The van der Waals surface area contributed by atoms with E-state index in [2.05, 4.69) is 10.5 Å². The number of anilines is 1. The zero-order valence-electron chi connectivity index (χ0n) is 11.6. The van der Waals surface area contributed by atoms with Crippen molar-refractivity contribution in [2.45, 2.75) is 5.75 Å². The standard InChI is InChI=1S/C16H13FN2O2S/c17-12-7-5-11(6-8-12)9-22-10-15(20)18-16-13-3-1-2-4-14(13)21-19-16/h1-8H,9-10H2,(H,18,19,20). The number of nitrogens with zero attached hydrogens (tertiary/aromatic N) is 1. The van der Waals surface area contributed by atoms with Gasteiger partial charge in [-0.2, -0.15) is 0 Å². The minimum absolute atomic E-state index is 0.147. The average molecular weight is 316 g/mol. The largest absolute Gasteiger partial charge is 0.354 e. The second kappa shape index (κ2) is 6.62. The molecule has 0 atom stereocenters. The molecular weight excluding hydrogens is 303 g/mol. The van der Waals surface area contributed by atoms with Crippen LogP contribution >= 0.6 is 11.8 Å². The second-order valence-electron chi connectivity index (χ2n) is 4.69. The first-order chi connectivity index (χ1) is 10.7. The Kier molecular flexibility index (Phi) is 4.39. The molecule has 0 saturated heterocycles. The summed E-state index contributed by atoms with van der Waals surface area (Å²) < 4.78 is 17.9. The van der Waals surface area contributed by atoms with E-state index in [9.17, 15) is 9.18 Å². The fraction of sp³-hybridized carbons (Fsp3) is 0.125. The lowest BCUT2D eigenvalue weighted by Crippen LogP contribution is -2.14. The number of hydrogen-bond donors (Lipinski definition) is 1. The number of para-hydroxylation sites is 1. The summed E-state index contributed by atoms with van der Waals surface area (Å²) in [5.74, 6) is 0.963. The molecule has 0 saturated carbocycles. The first-order valence-corrected chi connectivity index (χ1v) is 7.84. The molecule has 0 aliphatic rings. The zero-order chi connectivity index (χ0) is 15.4. The molecule has 1 amide bonds. The molecule has 0 radical (unpaired) electrons. The van der Waals surface area contributed by atoms with Crippen LogP contribution in [0, 0.1) is 5.82 Å². The molecule has 6 heteroatoms. The number of hydrogen-bond acceptors (Lipinski definition) is 4. The van der Waals surface area contributed by atoms with Gasteiger partial charge >= 0.3 is 0 Å². The molecule has 0 spiro atoms. The fourth-order valence-corrected chi connectivity index (χ4v) is 2.77.